The Morgan fingerprint density at radius 2 is 1.03 bits per heavy atom. The Labute approximate surface area is 174 Å². The summed E-state index contributed by atoms with van der Waals surface area (Å²) in [5.74, 6) is 0. The van der Waals surface area contributed by atoms with Gasteiger partial charge in [-0.3, -0.25) is 0 Å². The zero-order valence-corrected chi connectivity index (χ0v) is 17.3. The predicted molar refractivity (Wildman–Crippen MR) is 126 cm³/mol. The molecule has 0 radical (unpaired) electrons. The van der Waals surface area contributed by atoms with E-state index in [4.69, 9.17) is 0 Å². The predicted octanol–water partition coefficient (Wildman–Crippen LogP) is 8.06. The molecule has 0 aliphatic rings. The van der Waals surface area contributed by atoms with Crippen LogP contribution in [0.2, 0.25) is 0 Å². The van der Waals surface area contributed by atoms with Crippen molar-refractivity contribution in [3.8, 4) is 22.3 Å². The number of hydrogen-bond donors (Lipinski definition) is 1. The van der Waals surface area contributed by atoms with E-state index in [9.17, 15) is 0 Å². The largest absolute Gasteiger partial charge is 0.355 e. The highest BCUT2D eigenvalue weighted by Crippen LogP contribution is 2.32. The van der Waals surface area contributed by atoms with Crippen molar-refractivity contribution in [1.29, 1.82) is 0 Å². The van der Waals surface area contributed by atoms with Crippen molar-refractivity contribution >= 4 is 11.4 Å². The lowest BCUT2D eigenvalue weighted by molar-refractivity contribution is 0.590. The lowest BCUT2D eigenvalue weighted by atomic mass is 9.87. The monoisotopic (exact) mass is 377 g/mol. The molecule has 1 nitrogen and oxygen atoms in total. The Morgan fingerprint density at radius 3 is 1.55 bits per heavy atom. The third-order valence-electron chi connectivity index (χ3n) is 5.16. The first-order valence-electron chi connectivity index (χ1n) is 10.1. The van der Waals surface area contributed by atoms with Gasteiger partial charge in [0.2, 0.25) is 0 Å². The molecule has 0 aliphatic carbocycles. The fourth-order valence-corrected chi connectivity index (χ4v) is 3.52. The van der Waals surface area contributed by atoms with Crippen molar-refractivity contribution in [2.45, 2.75) is 26.2 Å². The number of hydrogen-bond acceptors (Lipinski definition) is 1. The summed E-state index contributed by atoms with van der Waals surface area (Å²) in [6, 6.07) is 36.5. The van der Waals surface area contributed by atoms with Gasteiger partial charge in [0.15, 0.2) is 0 Å². The normalized spacial score (nSPS) is 11.3. The molecule has 0 amide bonds. The first-order chi connectivity index (χ1) is 14.0. The quantitative estimate of drug-likeness (QED) is 0.379. The zero-order chi connectivity index (χ0) is 20.3. The van der Waals surface area contributed by atoms with Gasteiger partial charge in [-0.05, 0) is 63.6 Å². The molecule has 29 heavy (non-hydrogen) atoms. The SMILES string of the molecule is CC(C)(C)c1cccc(Nc2cc(-c3ccccc3)cc(-c3ccccc3)c2)c1. The molecule has 0 aromatic heterocycles. The van der Waals surface area contributed by atoms with Gasteiger partial charge in [0, 0.05) is 11.4 Å². The van der Waals surface area contributed by atoms with Crippen LogP contribution in [-0.2, 0) is 5.41 Å². The Bertz CT molecular complexity index is 1030. The molecule has 0 saturated carbocycles. The summed E-state index contributed by atoms with van der Waals surface area (Å²) < 4.78 is 0. The third-order valence-corrected chi connectivity index (χ3v) is 5.16. The molecule has 0 atom stereocenters. The van der Waals surface area contributed by atoms with Gasteiger partial charge in [0.05, 0.1) is 0 Å². The maximum absolute atomic E-state index is 3.64. The molecule has 0 heterocycles. The summed E-state index contributed by atoms with van der Waals surface area (Å²) in [5.41, 5.74) is 8.51. The molecular formula is C28H27N. The minimum Gasteiger partial charge on any atom is -0.355 e. The second-order valence-corrected chi connectivity index (χ2v) is 8.49. The average Bonchev–Trinajstić information content (AvgIpc) is 2.74. The van der Waals surface area contributed by atoms with Crippen LogP contribution in [0.3, 0.4) is 0 Å². The van der Waals surface area contributed by atoms with E-state index in [1.54, 1.807) is 0 Å². The highest BCUT2D eigenvalue weighted by atomic mass is 14.9. The van der Waals surface area contributed by atoms with E-state index >= 15 is 0 Å². The van der Waals surface area contributed by atoms with Crippen molar-refractivity contribution < 1.29 is 0 Å². The van der Waals surface area contributed by atoms with Gasteiger partial charge in [0.25, 0.3) is 0 Å². The molecule has 0 unspecified atom stereocenters. The van der Waals surface area contributed by atoms with Gasteiger partial charge >= 0.3 is 0 Å². The number of anilines is 2. The molecule has 0 bridgehead atoms. The lowest BCUT2D eigenvalue weighted by Crippen LogP contribution is -2.11. The van der Waals surface area contributed by atoms with Crippen LogP contribution in [0.4, 0.5) is 11.4 Å². The van der Waals surface area contributed by atoms with Crippen LogP contribution in [0.15, 0.2) is 103 Å². The summed E-state index contributed by atoms with van der Waals surface area (Å²) in [5, 5.41) is 3.64. The van der Waals surface area contributed by atoms with Gasteiger partial charge in [-0.1, -0.05) is 93.6 Å². The van der Waals surface area contributed by atoms with Gasteiger partial charge in [-0.2, -0.15) is 0 Å². The fraction of sp³-hybridized carbons (Fsp3) is 0.143. The van der Waals surface area contributed by atoms with Crippen molar-refractivity contribution in [2.75, 3.05) is 5.32 Å². The van der Waals surface area contributed by atoms with Crippen LogP contribution in [0, 0.1) is 0 Å². The van der Waals surface area contributed by atoms with Crippen molar-refractivity contribution in [3.63, 3.8) is 0 Å². The molecule has 4 rings (SSSR count). The molecule has 0 fully saturated rings. The maximum atomic E-state index is 3.64. The van der Waals surface area contributed by atoms with Crippen LogP contribution in [0.1, 0.15) is 26.3 Å². The summed E-state index contributed by atoms with van der Waals surface area (Å²) in [6.45, 7) is 6.74. The number of benzene rings is 4. The average molecular weight is 378 g/mol. The Balaban J connectivity index is 1.77. The van der Waals surface area contributed by atoms with E-state index in [0.717, 1.165) is 11.4 Å². The topological polar surface area (TPSA) is 12.0 Å². The molecule has 144 valence electrons. The molecule has 0 saturated heterocycles. The van der Waals surface area contributed by atoms with Crippen LogP contribution in [-0.4, -0.2) is 0 Å². The minimum absolute atomic E-state index is 0.124. The van der Waals surface area contributed by atoms with E-state index in [1.165, 1.54) is 27.8 Å². The standard InChI is InChI=1S/C28H27N/c1-28(2,3)25-15-10-16-26(20-25)29-27-18-23(21-11-6-4-7-12-21)17-24(19-27)22-13-8-5-9-14-22/h4-20,29H,1-3H3. The summed E-state index contributed by atoms with van der Waals surface area (Å²) in [6.07, 6.45) is 0. The molecule has 0 aliphatic heterocycles. The van der Waals surface area contributed by atoms with E-state index < -0.39 is 0 Å². The Hall–Kier alpha value is -3.32. The van der Waals surface area contributed by atoms with Crippen LogP contribution < -0.4 is 5.32 Å². The van der Waals surface area contributed by atoms with E-state index in [0.29, 0.717) is 0 Å². The second-order valence-electron chi connectivity index (χ2n) is 8.49. The fourth-order valence-electron chi connectivity index (χ4n) is 3.52. The zero-order valence-electron chi connectivity index (χ0n) is 17.3. The van der Waals surface area contributed by atoms with Crippen molar-refractivity contribution in [2.24, 2.45) is 0 Å². The highest BCUT2D eigenvalue weighted by Gasteiger charge is 2.14. The van der Waals surface area contributed by atoms with Crippen molar-refractivity contribution in [3.05, 3.63) is 109 Å². The van der Waals surface area contributed by atoms with Crippen molar-refractivity contribution in [1.82, 2.24) is 0 Å². The number of rotatable bonds is 4. The summed E-state index contributed by atoms with van der Waals surface area (Å²) in [4.78, 5) is 0. The lowest BCUT2D eigenvalue weighted by Gasteiger charge is -2.20. The van der Waals surface area contributed by atoms with Gasteiger partial charge < -0.3 is 5.32 Å². The molecule has 0 spiro atoms. The Morgan fingerprint density at radius 1 is 0.483 bits per heavy atom. The van der Waals surface area contributed by atoms with Crippen LogP contribution >= 0.6 is 0 Å². The van der Waals surface area contributed by atoms with E-state index in [-0.39, 0.29) is 5.41 Å². The van der Waals surface area contributed by atoms with E-state index in [1.807, 2.05) is 0 Å². The summed E-state index contributed by atoms with van der Waals surface area (Å²) in [7, 11) is 0. The Kier molecular flexibility index (Phi) is 5.22. The van der Waals surface area contributed by atoms with Gasteiger partial charge in [0.1, 0.15) is 0 Å². The summed E-state index contributed by atoms with van der Waals surface area (Å²) >= 11 is 0. The molecule has 4 aromatic carbocycles. The number of nitrogens with one attached hydrogen (secondary N) is 1. The van der Waals surface area contributed by atoms with Crippen LogP contribution in [0.5, 0.6) is 0 Å². The minimum atomic E-state index is 0.124. The third kappa shape index (κ3) is 4.57. The molecule has 1 N–H and O–H groups in total. The van der Waals surface area contributed by atoms with Gasteiger partial charge in [-0.25, -0.2) is 0 Å². The maximum Gasteiger partial charge on any atom is 0.0396 e. The second kappa shape index (κ2) is 7.97. The van der Waals surface area contributed by atoms with Gasteiger partial charge in [-0.15, -0.1) is 0 Å². The highest BCUT2D eigenvalue weighted by molar-refractivity contribution is 5.79. The molecular weight excluding hydrogens is 350 g/mol. The first-order valence-corrected chi connectivity index (χ1v) is 10.1. The smallest absolute Gasteiger partial charge is 0.0396 e. The first kappa shape index (κ1) is 19.0. The van der Waals surface area contributed by atoms with Crippen LogP contribution in [0.25, 0.3) is 22.3 Å². The molecule has 4 aromatic rings. The molecule has 1 heteroatoms. The van der Waals surface area contributed by atoms with E-state index in [2.05, 4.69) is 129 Å².